The minimum absolute atomic E-state index is 0.206. The summed E-state index contributed by atoms with van der Waals surface area (Å²) in [5.74, 6) is -0.446. The number of quaternary nitrogens is 1. The Morgan fingerprint density at radius 1 is 1.20 bits per heavy atom. The molecule has 0 fully saturated rings. The maximum absolute atomic E-state index is 12.0. The van der Waals surface area contributed by atoms with Crippen molar-refractivity contribution >= 4 is 20.0 Å². The molecule has 0 aromatic heterocycles. The molecule has 120 valence electrons. The number of rotatable bonds is 11. The van der Waals surface area contributed by atoms with Gasteiger partial charge in [0.2, 0.25) is 0 Å². The Bertz CT molecular complexity index is 484. The minimum atomic E-state index is -4.27. The highest BCUT2D eigenvalue weighted by atomic mass is 32.3. The lowest BCUT2D eigenvalue weighted by Crippen LogP contribution is -3.12. The summed E-state index contributed by atoms with van der Waals surface area (Å²) in [5, 5.41) is 10.8. The van der Waals surface area contributed by atoms with Gasteiger partial charge in [0.05, 0.1) is 0 Å². The van der Waals surface area contributed by atoms with Gasteiger partial charge in [-0.3, -0.25) is 0 Å². The van der Waals surface area contributed by atoms with Gasteiger partial charge in [-0.15, -0.1) is 6.58 Å². The van der Waals surface area contributed by atoms with Gasteiger partial charge < -0.3 is 5.21 Å². The fraction of sp³-hybridized carbons (Fsp3) is 0.833. The van der Waals surface area contributed by atoms with Gasteiger partial charge in [0, 0.05) is 0 Å². The highest BCUT2D eigenvalue weighted by Gasteiger charge is 2.35. The normalized spacial score (nSPS) is 15.8. The standard InChI is InChI=1S/C12H25NO5S2/c1-4-6-8-10-12(3)20(17,18)13(14)19(15,16)11-9-7-5-2/h5,12-13H,2,4,6-11H2,1,3H3. The molecular weight excluding hydrogens is 302 g/mol. The van der Waals surface area contributed by atoms with Crippen LogP contribution in [0.2, 0.25) is 0 Å². The second kappa shape index (κ2) is 8.76. The number of hydrogen-bond donors (Lipinski definition) is 1. The van der Waals surface area contributed by atoms with E-state index in [4.69, 9.17) is 0 Å². The molecule has 1 N–H and O–H groups in total. The average Bonchev–Trinajstić information content (AvgIpc) is 2.38. The molecule has 0 aliphatic rings. The van der Waals surface area contributed by atoms with E-state index in [-0.39, 0.29) is 6.42 Å². The number of sulfonamides is 2. The van der Waals surface area contributed by atoms with Crippen LogP contribution in [0.3, 0.4) is 0 Å². The van der Waals surface area contributed by atoms with Crippen molar-refractivity contribution in [3.63, 3.8) is 0 Å². The number of allylic oxidation sites excluding steroid dienone is 1. The fourth-order valence-electron chi connectivity index (χ4n) is 1.68. The number of unbranched alkanes of at least 4 members (excludes halogenated alkanes) is 3. The van der Waals surface area contributed by atoms with Gasteiger partial charge >= 0.3 is 20.0 Å². The van der Waals surface area contributed by atoms with Crippen molar-refractivity contribution in [2.45, 2.75) is 57.6 Å². The first-order chi connectivity index (χ1) is 9.20. The van der Waals surface area contributed by atoms with Crippen molar-refractivity contribution < 1.29 is 20.7 Å². The van der Waals surface area contributed by atoms with Crippen molar-refractivity contribution in [2.75, 3.05) is 5.75 Å². The summed E-state index contributed by atoms with van der Waals surface area (Å²) >= 11 is 0. The number of hydrogen-bond acceptors (Lipinski definition) is 5. The molecule has 0 bridgehead atoms. The average molecular weight is 327 g/mol. The maximum Gasteiger partial charge on any atom is 0.312 e. The van der Waals surface area contributed by atoms with Crippen molar-refractivity contribution in [3.8, 4) is 0 Å². The van der Waals surface area contributed by atoms with E-state index in [1.54, 1.807) is 0 Å². The summed E-state index contributed by atoms with van der Waals surface area (Å²) in [6, 6.07) is 0. The Balaban J connectivity index is 4.78. The van der Waals surface area contributed by atoms with E-state index >= 15 is 0 Å². The zero-order valence-electron chi connectivity index (χ0n) is 12.2. The van der Waals surface area contributed by atoms with Crippen LogP contribution in [0.4, 0.5) is 0 Å². The van der Waals surface area contributed by atoms with E-state index in [2.05, 4.69) is 6.58 Å². The first kappa shape index (κ1) is 19.6. The quantitative estimate of drug-likeness (QED) is 0.346. The van der Waals surface area contributed by atoms with E-state index in [1.165, 1.54) is 13.0 Å². The molecule has 0 aliphatic carbocycles. The zero-order chi connectivity index (χ0) is 15.8. The van der Waals surface area contributed by atoms with Crippen LogP contribution in [0.25, 0.3) is 0 Å². The predicted molar refractivity (Wildman–Crippen MR) is 80.1 cm³/mol. The molecular formula is C12H25NO5S2. The monoisotopic (exact) mass is 327 g/mol. The van der Waals surface area contributed by atoms with Gasteiger partial charge in [0.15, 0.2) is 0 Å². The van der Waals surface area contributed by atoms with E-state index in [1.807, 2.05) is 6.92 Å². The third-order valence-corrected chi connectivity index (χ3v) is 7.60. The molecule has 0 amide bonds. The predicted octanol–water partition coefficient (Wildman–Crippen LogP) is 0.964. The molecule has 0 aromatic rings. The van der Waals surface area contributed by atoms with Crippen LogP contribution in [0.1, 0.15) is 52.4 Å². The molecule has 20 heavy (non-hydrogen) atoms. The second-order valence-corrected chi connectivity index (χ2v) is 9.38. The van der Waals surface area contributed by atoms with Gasteiger partial charge in [0.25, 0.3) is 0 Å². The Morgan fingerprint density at radius 2 is 1.80 bits per heavy atom. The van der Waals surface area contributed by atoms with E-state index in [9.17, 15) is 22.0 Å². The summed E-state index contributed by atoms with van der Waals surface area (Å²) < 4.78 is 45.7. The summed E-state index contributed by atoms with van der Waals surface area (Å²) in [7, 11) is -8.51. The first-order valence-corrected chi connectivity index (χ1v) is 10.0. The van der Waals surface area contributed by atoms with Gasteiger partial charge in [-0.2, -0.15) is 20.7 Å². The molecule has 6 nitrogen and oxygen atoms in total. The molecule has 0 aromatic carbocycles. The molecule has 0 radical (unpaired) electrons. The Morgan fingerprint density at radius 3 is 2.30 bits per heavy atom. The highest BCUT2D eigenvalue weighted by Crippen LogP contribution is 2.08. The molecule has 0 saturated heterocycles. The van der Waals surface area contributed by atoms with Gasteiger partial charge in [-0.05, 0) is 26.2 Å². The fourth-order valence-corrected chi connectivity index (χ4v) is 5.36. The highest BCUT2D eigenvalue weighted by molar-refractivity contribution is 7.97. The van der Waals surface area contributed by atoms with Gasteiger partial charge in [0.1, 0.15) is 11.0 Å². The van der Waals surface area contributed by atoms with Crippen LogP contribution in [0.15, 0.2) is 12.7 Å². The first-order valence-electron chi connectivity index (χ1n) is 6.81. The number of nitrogens with one attached hydrogen (secondary N) is 1. The van der Waals surface area contributed by atoms with Crippen molar-refractivity contribution in [1.82, 2.24) is 0 Å². The van der Waals surface area contributed by atoms with Crippen molar-refractivity contribution in [3.05, 3.63) is 17.9 Å². The molecule has 0 rings (SSSR count). The summed E-state index contributed by atoms with van der Waals surface area (Å²) in [6.45, 7) is 6.82. The smallest absolute Gasteiger partial charge is 0.312 e. The third kappa shape index (κ3) is 5.90. The van der Waals surface area contributed by atoms with Crippen molar-refractivity contribution in [1.29, 1.82) is 0 Å². The lowest BCUT2D eigenvalue weighted by molar-refractivity contribution is -0.549. The SMILES string of the molecule is C=CCCCS(=O)(=O)[NH+]([O-])S(=O)(=O)C(C)CCCCC. The lowest BCUT2D eigenvalue weighted by atomic mass is 10.2. The lowest BCUT2D eigenvalue weighted by Gasteiger charge is -2.24. The van der Waals surface area contributed by atoms with Crippen LogP contribution in [-0.4, -0.2) is 27.8 Å². The molecule has 0 spiro atoms. The Labute approximate surface area is 122 Å². The largest absolute Gasteiger partial charge is 0.603 e. The van der Waals surface area contributed by atoms with E-state index in [0.29, 0.717) is 19.3 Å². The molecule has 0 aliphatic heterocycles. The van der Waals surface area contributed by atoms with E-state index < -0.39 is 34.9 Å². The third-order valence-electron chi connectivity index (χ3n) is 3.05. The van der Waals surface area contributed by atoms with Gasteiger partial charge in [-0.25, -0.2) is 0 Å². The Hall–Kier alpha value is -0.440. The molecule has 0 saturated carbocycles. The van der Waals surface area contributed by atoms with Crippen LogP contribution in [0, 0.1) is 5.21 Å². The van der Waals surface area contributed by atoms with E-state index in [0.717, 1.165) is 12.8 Å². The molecule has 8 heteroatoms. The maximum atomic E-state index is 12.0. The van der Waals surface area contributed by atoms with Gasteiger partial charge in [-0.1, -0.05) is 32.3 Å². The van der Waals surface area contributed by atoms with Crippen LogP contribution < -0.4 is 3.87 Å². The molecule has 0 heterocycles. The Kier molecular flexibility index (Phi) is 8.57. The zero-order valence-corrected chi connectivity index (χ0v) is 13.8. The molecule has 2 unspecified atom stereocenters. The summed E-state index contributed by atoms with van der Waals surface area (Å²) in [4.78, 5) is 0. The van der Waals surface area contributed by atoms with Crippen LogP contribution in [0.5, 0.6) is 0 Å². The summed E-state index contributed by atoms with van der Waals surface area (Å²) in [5.41, 5.74) is 0. The topological polar surface area (TPSA) is 95.8 Å². The van der Waals surface area contributed by atoms with Crippen LogP contribution in [-0.2, 0) is 20.0 Å². The van der Waals surface area contributed by atoms with Crippen molar-refractivity contribution in [2.24, 2.45) is 0 Å². The van der Waals surface area contributed by atoms with Crippen LogP contribution >= 0.6 is 0 Å². The molecule has 2 atom stereocenters. The minimum Gasteiger partial charge on any atom is -0.603 e. The summed E-state index contributed by atoms with van der Waals surface area (Å²) in [6.07, 6.45) is 4.93. The second-order valence-electron chi connectivity index (χ2n) is 4.85.